The van der Waals surface area contributed by atoms with E-state index in [1.54, 1.807) is 7.11 Å². The van der Waals surface area contributed by atoms with E-state index in [2.05, 4.69) is 27.9 Å². The zero-order valence-electron chi connectivity index (χ0n) is 19.8. The Labute approximate surface area is 204 Å². The number of nitrogens with one attached hydrogen (secondary N) is 1. The number of phenols is 1. The van der Waals surface area contributed by atoms with Crippen molar-refractivity contribution in [1.29, 1.82) is 0 Å². The number of nitro benzene ring substituents is 1. The van der Waals surface area contributed by atoms with Crippen molar-refractivity contribution in [3.63, 3.8) is 0 Å². The first-order chi connectivity index (χ1) is 17.0. The van der Waals surface area contributed by atoms with Crippen LogP contribution in [0.4, 0.5) is 5.69 Å². The maximum atomic E-state index is 11.3. The van der Waals surface area contributed by atoms with Gasteiger partial charge in [0.2, 0.25) is 0 Å². The van der Waals surface area contributed by atoms with Gasteiger partial charge in [0.05, 0.1) is 17.5 Å². The maximum absolute atomic E-state index is 11.3. The lowest BCUT2D eigenvalue weighted by Crippen LogP contribution is -2.56. The predicted octanol–water partition coefficient (Wildman–Crippen LogP) is 4.58. The van der Waals surface area contributed by atoms with Gasteiger partial charge >= 0.3 is 0 Å². The van der Waals surface area contributed by atoms with Gasteiger partial charge in [0, 0.05) is 54.5 Å². The summed E-state index contributed by atoms with van der Waals surface area (Å²) in [4.78, 5) is 17.9. The number of non-ortho nitro benzene ring substituents is 1. The van der Waals surface area contributed by atoms with Crippen LogP contribution in [0.1, 0.15) is 30.0 Å². The highest BCUT2D eigenvalue weighted by molar-refractivity contribution is 5.84. The number of aromatic hydroxyl groups is 1. The van der Waals surface area contributed by atoms with Gasteiger partial charge in [-0.15, -0.1) is 6.58 Å². The molecule has 8 nitrogen and oxygen atoms in total. The number of hydrogen-bond acceptors (Lipinski definition) is 7. The molecule has 8 heteroatoms. The van der Waals surface area contributed by atoms with Gasteiger partial charge in [-0.1, -0.05) is 6.08 Å². The second-order valence-electron chi connectivity index (χ2n) is 9.46. The summed E-state index contributed by atoms with van der Waals surface area (Å²) in [5, 5.41) is 26.4. The molecule has 2 bridgehead atoms. The summed E-state index contributed by atoms with van der Waals surface area (Å²) < 4.78 is 5.49. The third kappa shape index (κ3) is 4.47. The minimum Gasteiger partial charge on any atom is -0.508 e. The Morgan fingerprint density at radius 1 is 1.34 bits per heavy atom. The minimum atomic E-state index is -0.440. The minimum absolute atomic E-state index is 0.0375. The van der Waals surface area contributed by atoms with Crippen LogP contribution in [0.25, 0.3) is 10.9 Å². The lowest BCUT2D eigenvalue weighted by molar-refractivity contribution is -0.384. The lowest BCUT2D eigenvalue weighted by Gasteiger charge is -2.52. The molecule has 5 atom stereocenters. The monoisotopic (exact) mass is 474 g/mol. The summed E-state index contributed by atoms with van der Waals surface area (Å²) in [5.74, 6) is 1.88. The van der Waals surface area contributed by atoms with E-state index < -0.39 is 4.92 Å². The molecule has 3 aliphatic rings. The molecule has 2 N–H and O–H groups in total. The van der Waals surface area contributed by atoms with Crippen molar-refractivity contribution in [1.82, 2.24) is 15.2 Å². The van der Waals surface area contributed by atoms with E-state index >= 15 is 0 Å². The third-order valence-electron chi connectivity index (χ3n) is 7.64. The van der Waals surface area contributed by atoms with Crippen molar-refractivity contribution in [2.75, 3.05) is 20.2 Å². The highest BCUT2D eigenvalue weighted by Crippen LogP contribution is 2.42. The molecule has 0 spiro atoms. The van der Waals surface area contributed by atoms with E-state index in [0.717, 1.165) is 48.1 Å². The van der Waals surface area contributed by atoms with Crippen molar-refractivity contribution >= 4 is 16.6 Å². The number of rotatable bonds is 8. The Morgan fingerprint density at radius 3 is 2.91 bits per heavy atom. The van der Waals surface area contributed by atoms with Crippen LogP contribution < -0.4 is 10.1 Å². The van der Waals surface area contributed by atoms with Gasteiger partial charge in [-0.25, -0.2) is 0 Å². The van der Waals surface area contributed by atoms with Crippen LogP contribution in [-0.4, -0.2) is 46.2 Å². The summed E-state index contributed by atoms with van der Waals surface area (Å²) in [7, 11) is 1.65. The SMILES string of the molecule is C=CC1CN2CCC1CC2[C@H](NCc1cc([N+](=O)[O-])ccc1O)c1ccnc2ccc(OC)cc12. The second-order valence-corrected chi connectivity index (χ2v) is 9.46. The fourth-order valence-electron chi connectivity index (χ4n) is 5.77. The van der Waals surface area contributed by atoms with E-state index in [0.29, 0.717) is 23.9 Å². The predicted molar refractivity (Wildman–Crippen MR) is 134 cm³/mol. The van der Waals surface area contributed by atoms with Gasteiger partial charge in [-0.05, 0) is 67.1 Å². The van der Waals surface area contributed by atoms with Crippen molar-refractivity contribution in [2.45, 2.75) is 31.5 Å². The highest BCUT2D eigenvalue weighted by atomic mass is 16.6. The van der Waals surface area contributed by atoms with Gasteiger partial charge in [-0.3, -0.25) is 20.0 Å². The quantitative estimate of drug-likeness (QED) is 0.280. The number of pyridine rings is 1. The Hall–Kier alpha value is -3.49. The van der Waals surface area contributed by atoms with Crippen LogP contribution in [0.2, 0.25) is 0 Å². The number of methoxy groups -OCH3 is 1. The fraction of sp³-hybridized carbons (Fsp3) is 0.370. The van der Waals surface area contributed by atoms with Gasteiger partial charge in [-0.2, -0.15) is 0 Å². The molecule has 2 aromatic carbocycles. The topological polar surface area (TPSA) is 101 Å². The molecule has 4 unspecified atom stereocenters. The second kappa shape index (κ2) is 9.64. The van der Waals surface area contributed by atoms with E-state index in [1.165, 1.54) is 18.2 Å². The zero-order valence-corrected chi connectivity index (χ0v) is 19.8. The molecular formula is C27H30N4O4. The molecule has 182 valence electrons. The smallest absolute Gasteiger partial charge is 0.270 e. The van der Waals surface area contributed by atoms with Gasteiger partial charge in [0.15, 0.2) is 0 Å². The normalized spacial score (nSPS) is 24.3. The lowest BCUT2D eigenvalue weighted by atomic mass is 9.73. The van der Waals surface area contributed by atoms with Crippen molar-refractivity contribution in [3.05, 3.63) is 82.6 Å². The molecule has 0 aliphatic carbocycles. The zero-order chi connectivity index (χ0) is 24.5. The van der Waals surface area contributed by atoms with E-state index in [1.807, 2.05) is 30.5 Å². The molecule has 0 amide bonds. The molecule has 0 radical (unpaired) electrons. The van der Waals surface area contributed by atoms with E-state index in [4.69, 9.17) is 4.74 Å². The Balaban J connectivity index is 1.54. The molecule has 35 heavy (non-hydrogen) atoms. The number of fused-ring (bicyclic) bond motifs is 4. The number of aromatic nitrogens is 1. The van der Waals surface area contributed by atoms with Crippen LogP contribution in [0.5, 0.6) is 11.5 Å². The largest absolute Gasteiger partial charge is 0.508 e. The van der Waals surface area contributed by atoms with E-state index in [9.17, 15) is 15.2 Å². The van der Waals surface area contributed by atoms with Gasteiger partial charge in [0.1, 0.15) is 11.5 Å². The van der Waals surface area contributed by atoms with Gasteiger partial charge in [0.25, 0.3) is 5.69 Å². The Morgan fingerprint density at radius 2 is 2.20 bits per heavy atom. The molecular weight excluding hydrogens is 444 g/mol. The molecule has 3 aromatic rings. The number of ether oxygens (including phenoxy) is 1. The van der Waals surface area contributed by atoms with Crippen LogP contribution in [0.15, 0.2) is 61.3 Å². The Kier molecular flexibility index (Phi) is 6.40. The van der Waals surface area contributed by atoms with Crippen molar-refractivity contribution < 1.29 is 14.8 Å². The molecule has 1 aromatic heterocycles. The summed E-state index contributed by atoms with van der Waals surface area (Å²) in [5.41, 5.74) is 2.45. The number of piperidine rings is 3. The van der Waals surface area contributed by atoms with E-state index in [-0.39, 0.29) is 23.5 Å². The van der Waals surface area contributed by atoms with Crippen LogP contribution in [0.3, 0.4) is 0 Å². The first-order valence-corrected chi connectivity index (χ1v) is 12.0. The summed E-state index contributed by atoms with van der Waals surface area (Å²) in [6.07, 6.45) is 6.11. The number of nitro groups is 1. The molecule has 0 saturated carbocycles. The molecule has 4 heterocycles. The number of benzene rings is 2. The average molecular weight is 475 g/mol. The maximum Gasteiger partial charge on any atom is 0.270 e. The first kappa shape index (κ1) is 23.3. The first-order valence-electron chi connectivity index (χ1n) is 12.0. The third-order valence-corrected chi connectivity index (χ3v) is 7.64. The Bertz CT molecular complexity index is 1260. The number of phenolic OH excluding ortho intramolecular Hbond substituents is 1. The summed E-state index contributed by atoms with van der Waals surface area (Å²) >= 11 is 0. The fourth-order valence-corrected chi connectivity index (χ4v) is 5.77. The van der Waals surface area contributed by atoms with Crippen LogP contribution >= 0.6 is 0 Å². The summed E-state index contributed by atoms with van der Waals surface area (Å²) in [6.45, 7) is 6.36. The molecule has 3 fully saturated rings. The van der Waals surface area contributed by atoms with Crippen LogP contribution in [-0.2, 0) is 6.54 Å². The number of hydrogen-bond donors (Lipinski definition) is 2. The molecule has 6 rings (SSSR count). The van der Waals surface area contributed by atoms with Crippen LogP contribution in [0, 0.1) is 22.0 Å². The standard InChI is InChI=1S/C27H30N4O4/c1-3-17-16-30-11-9-18(17)13-25(30)27(29-15-19-12-20(31(33)34)4-7-26(19)32)22-8-10-28-24-6-5-21(35-2)14-23(22)24/h3-8,10,12,14,17-18,25,27,29,32H,1,9,11,13,15-16H2,2H3/t17?,18?,25?,27-/m1/s1. The summed E-state index contributed by atoms with van der Waals surface area (Å²) in [6, 6.07) is 12.2. The van der Waals surface area contributed by atoms with Crippen molar-refractivity contribution in [2.24, 2.45) is 11.8 Å². The van der Waals surface area contributed by atoms with Crippen molar-refractivity contribution in [3.8, 4) is 11.5 Å². The highest BCUT2D eigenvalue weighted by Gasteiger charge is 2.42. The van der Waals surface area contributed by atoms with Gasteiger partial charge < -0.3 is 15.2 Å². The number of nitrogens with zero attached hydrogens (tertiary/aromatic N) is 3. The molecule has 3 saturated heterocycles. The average Bonchev–Trinajstić information content (AvgIpc) is 2.89. The molecule has 3 aliphatic heterocycles.